The first kappa shape index (κ1) is 14.9. The molecule has 4 N–H and O–H groups in total. The largest absolute Gasteiger partial charge is 0.451 e. The lowest BCUT2D eigenvalue weighted by molar-refractivity contribution is -0.144. The number of aromatic nitrogens is 4. The number of hydrazine groups is 1. The summed E-state index contributed by atoms with van der Waals surface area (Å²) in [6.45, 7) is 1.95. The van der Waals surface area contributed by atoms with Crippen LogP contribution in [0.15, 0.2) is 18.5 Å². The van der Waals surface area contributed by atoms with Gasteiger partial charge in [-0.25, -0.2) is 15.8 Å². The van der Waals surface area contributed by atoms with Crippen molar-refractivity contribution >= 4 is 11.6 Å². The van der Waals surface area contributed by atoms with Gasteiger partial charge in [0, 0.05) is 12.3 Å². The second-order valence-electron chi connectivity index (χ2n) is 4.11. The van der Waals surface area contributed by atoms with Gasteiger partial charge >= 0.3 is 6.18 Å². The quantitative estimate of drug-likeness (QED) is 0.580. The summed E-state index contributed by atoms with van der Waals surface area (Å²) in [5.74, 6) is 3.65. The Morgan fingerprint density at radius 1 is 1.14 bits per heavy atom. The number of rotatable bonds is 4. The van der Waals surface area contributed by atoms with Crippen LogP contribution in [0.25, 0.3) is 0 Å². The van der Waals surface area contributed by atoms with Crippen LogP contribution in [-0.2, 0) is 12.7 Å². The summed E-state index contributed by atoms with van der Waals surface area (Å²) in [6.07, 6.45) is -1.58. The number of aryl methyl sites for hydroxylation is 1. The molecule has 2 rings (SSSR count). The Bertz CT molecular complexity index is 612. The number of nitrogen functional groups attached to an aromatic ring is 1. The zero-order valence-electron chi connectivity index (χ0n) is 10.9. The van der Waals surface area contributed by atoms with Crippen molar-refractivity contribution in [3.8, 4) is 0 Å². The van der Waals surface area contributed by atoms with Crippen LogP contribution in [0.4, 0.5) is 24.8 Å². The van der Waals surface area contributed by atoms with Gasteiger partial charge in [-0.2, -0.15) is 13.2 Å². The van der Waals surface area contributed by atoms with E-state index in [4.69, 9.17) is 5.84 Å². The van der Waals surface area contributed by atoms with Gasteiger partial charge < -0.3 is 10.7 Å². The zero-order valence-corrected chi connectivity index (χ0v) is 10.9. The molecule has 0 atom stereocenters. The SMILES string of the molecule is Cc1cnc(CNc2cc(NN)nc(C(F)(F)F)n2)cn1. The predicted octanol–water partition coefficient (Wildman–Crippen LogP) is 1.49. The van der Waals surface area contributed by atoms with E-state index in [-0.39, 0.29) is 18.2 Å². The smallest absolute Gasteiger partial charge is 0.364 e. The Labute approximate surface area is 117 Å². The molecule has 0 spiro atoms. The van der Waals surface area contributed by atoms with Crippen molar-refractivity contribution < 1.29 is 13.2 Å². The van der Waals surface area contributed by atoms with Crippen LogP contribution in [-0.4, -0.2) is 19.9 Å². The summed E-state index contributed by atoms with van der Waals surface area (Å²) in [5, 5.41) is 2.72. The maximum absolute atomic E-state index is 12.6. The monoisotopic (exact) mass is 299 g/mol. The molecule has 2 aromatic heterocycles. The van der Waals surface area contributed by atoms with E-state index in [0.29, 0.717) is 5.69 Å². The van der Waals surface area contributed by atoms with Crippen molar-refractivity contribution in [1.82, 2.24) is 19.9 Å². The first-order valence-corrected chi connectivity index (χ1v) is 5.83. The molecule has 2 aromatic rings. The highest BCUT2D eigenvalue weighted by molar-refractivity contribution is 5.47. The fraction of sp³-hybridized carbons (Fsp3) is 0.273. The molecule has 7 nitrogen and oxygen atoms in total. The van der Waals surface area contributed by atoms with Gasteiger partial charge in [-0.15, -0.1) is 0 Å². The molecule has 0 bridgehead atoms. The Balaban J connectivity index is 2.17. The van der Waals surface area contributed by atoms with Crippen molar-refractivity contribution in [3.05, 3.63) is 35.7 Å². The summed E-state index contributed by atoms with van der Waals surface area (Å²) in [4.78, 5) is 14.8. The average molecular weight is 299 g/mol. The summed E-state index contributed by atoms with van der Waals surface area (Å²) in [5.41, 5.74) is 3.38. The van der Waals surface area contributed by atoms with Gasteiger partial charge in [0.05, 0.1) is 24.1 Å². The lowest BCUT2D eigenvalue weighted by Crippen LogP contribution is -2.17. The summed E-state index contributed by atoms with van der Waals surface area (Å²) in [7, 11) is 0. The number of nitrogens with two attached hydrogens (primary N) is 1. The predicted molar refractivity (Wildman–Crippen MR) is 68.9 cm³/mol. The average Bonchev–Trinajstić information content (AvgIpc) is 2.45. The van der Waals surface area contributed by atoms with Crippen molar-refractivity contribution in [2.75, 3.05) is 10.7 Å². The molecule has 0 fully saturated rings. The molecule has 112 valence electrons. The maximum Gasteiger partial charge on any atom is 0.451 e. The van der Waals surface area contributed by atoms with E-state index in [1.165, 1.54) is 12.3 Å². The van der Waals surface area contributed by atoms with Gasteiger partial charge in [-0.1, -0.05) is 0 Å². The second kappa shape index (κ2) is 5.87. The highest BCUT2D eigenvalue weighted by Crippen LogP contribution is 2.28. The molecule has 0 saturated heterocycles. The molecule has 0 saturated carbocycles. The second-order valence-corrected chi connectivity index (χ2v) is 4.11. The molecule has 0 aliphatic carbocycles. The van der Waals surface area contributed by atoms with Crippen molar-refractivity contribution in [2.24, 2.45) is 5.84 Å². The van der Waals surface area contributed by atoms with Crippen LogP contribution in [0.1, 0.15) is 17.2 Å². The van der Waals surface area contributed by atoms with Gasteiger partial charge in [0.1, 0.15) is 11.6 Å². The van der Waals surface area contributed by atoms with Gasteiger partial charge in [-0.3, -0.25) is 9.97 Å². The number of hydrogen-bond acceptors (Lipinski definition) is 7. The molecule has 10 heteroatoms. The molecule has 0 radical (unpaired) electrons. The molecule has 0 unspecified atom stereocenters. The Hall–Kier alpha value is -2.49. The van der Waals surface area contributed by atoms with E-state index in [9.17, 15) is 13.2 Å². The minimum atomic E-state index is -4.66. The van der Waals surface area contributed by atoms with E-state index < -0.39 is 12.0 Å². The fourth-order valence-corrected chi connectivity index (χ4v) is 1.43. The highest BCUT2D eigenvalue weighted by Gasteiger charge is 2.35. The van der Waals surface area contributed by atoms with E-state index in [1.54, 1.807) is 13.1 Å². The van der Waals surface area contributed by atoms with Gasteiger partial charge in [0.25, 0.3) is 0 Å². The van der Waals surface area contributed by atoms with Crippen LogP contribution in [0, 0.1) is 6.92 Å². The molecule has 0 amide bonds. The van der Waals surface area contributed by atoms with Gasteiger partial charge in [0.15, 0.2) is 0 Å². The zero-order chi connectivity index (χ0) is 15.5. The van der Waals surface area contributed by atoms with Gasteiger partial charge in [0.2, 0.25) is 5.82 Å². The van der Waals surface area contributed by atoms with E-state index in [1.807, 2.05) is 0 Å². The molecule has 0 aromatic carbocycles. The summed E-state index contributed by atoms with van der Waals surface area (Å²) in [6, 6.07) is 1.26. The fourth-order valence-electron chi connectivity index (χ4n) is 1.43. The topological polar surface area (TPSA) is 102 Å². The Morgan fingerprint density at radius 2 is 1.86 bits per heavy atom. The van der Waals surface area contributed by atoms with Crippen LogP contribution in [0.2, 0.25) is 0 Å². The van der Waals surface area contributed by atoms with Crippen LogP contribution in [0.5, 0.6) is 0 Å². The molecular formula is C11H12F3N7. The Kier molecular flexibility index (Phi) is 4.17. The highest BCUT2D eigenvalue weighted by atomic mass is 19.4. The van der Waals surface area contributed by atoms with Crippen molar-refractivity contribution in [2.45, 2.75) is 19.6 Å². The van der Waals surface area contributed by atoms with Crippen molar-refractivity contribution in [3.63, 3.8) is 0 Å². The number of nitrogens with zero attached hydrogens (tertiary/aromatic N) is 4. The molecule has 2 heterocycles. The maximum atomic E-state index is 12.6. The first-order chi connectivity index (χ1) is 9.88. The summed E-state index contributed by atoms with van der Waals surface area (Å²) >= 11 is 0. The Morgan fingerprint density at radius 3 is 2.43 bits per heavy atom. The minimum absolute atomic E-state index is 0.0207. The molecular weight excluding hydrogens is 287 g/mol. The third-order valence-corrected chi connectivity index (χ3v) is 2.41. The molecule has 0 aliphatic heterocycles. The third-order valence-electron chi connectivity index (χ3n) is 2.41. The number of halogens is 3. The van der Waals surface area contributed by atoms with E-state index >= 15 is 0 Å². The standard InChI is InChI=1S/C11H12F3N7/c1-6-3-17-7(4-16-6)5-18-8-2-9(21-15)20-10(19-8)11(12,13)14/h2-4H,5,15H2,1H3,(H2,18,19,20,21). The lowest BCUT2D eigenvalue weighted by Gasteiger charge is -2.11. The lowest BCUT2D eigenvalue weighted by atomic mass is 10.4. The normalized spacial score (nSPS) is 11.3. The van der Waals surface area contributed by atoms with Crippen LogP contribution >= 0.6 is 0 Å². The number of anilines is 2. The molecule has 21 heavy (non-hydrogen) atoms. The van der Waals surface area contributed by atoms with E-state index in [0.717, 1.165) is 5.69 Å². The number of alkyl halides is 3. The van der Waals surface area contributed by atoms with Gasteiger partial charge in [-0.05, 0) is 6.92 Å². The van der Waals surface area contributed by atoms with Crippen molar-refractivity contribution in [1.29, 1.82) is 0 Å². The molecule has 0 aliphatic rings. The van der Waals surface area contributed by atoms with E-state index in [2.05, 4.69) is 30.7 Å². The third kappa shape index (κ3) is 3.99. The summed E-state index contributed by atoms with van der Waals surface area (Å²) < 4.78 is 37.9. The minimum Gasteiger partial charge on any atom is -0.364 e. The number of hydrogen-bond donors (Lipinski definition) is 3. The number of nitrogens with one attached hydrogen (secondary N) is 2. The first-order valence-electron chi connectivity index (χ1n) is 5.83. The van der Waals surface area contributed by atoms with Crippen LogP contribution in [0.3, 0.4) is 0 Å². The van der Waals surface area contributed by atoms with Crippen LogP contribution < -0.4 is 16.6 Å².